The average molecular weight is 564 g/mol. The van der Waals surface area contributed by atoms with Crippen molar-refractivity contribution < 1.29 is 24.2 Å². The Kier molecular flexibility index (Phi) is 11.0. The maximum absolute atomic E-state index is 13.5. The molecule has 2 aromatic rings. The topological polar surface area (TPSA) is 101 Å². The van der Waals surface area contributed by atoms with Crippen molar-refractivity contribution in [3.8, 4) is 11.6 Å². The Hall–Kier alpha value is -3.81. The Morgan fingerprint density at radius 2 is 1.85 bits per heavy atom. The van der Waals surface area contributed by atoms with Gasteiger partial charge in [-0.15, -0.1) is 13.2 Å². The molecule has 8 heteroatoms. The summed E-state index contributed by atoms with van der Waals surface area (Å²) >= 11 is 0. The molecule has 0 saturated heterocycles. The summed E-state index contributed by atoms with van der Waals surface area (Å²) in [7, 11) is 1.59. The number of amides is 2. The fraction of sp³-hybridized carbons (Fsp3) is 0.485. The summed E-state index contributed by atoms with van der Waals surface area (Å²) in [5.41, 5.74) is 3.64. The third-order valence-corrected chi connectivity index (χ3v) is 7.50. The van der Waals surface area contributed by atoms with Gasteiger partial charge < -0.3 is 24.8 Å². The van der Waals surface area contributed by atoms with Crippen molar-refractivity contribution in [2.24, 2.45) is 0 Å². The largest absolute Gasteiger partial charge is 0.490 e. The Morgan fingerprint density at radius 1 is 1.15 bits per heavy atom. The number of nitrogens with one attached hydrogen (secondary N) is 1. The van der Waals surface area contributed by atoms with Gasteiger partial charge in [-0.25, -0.2) is 9.78 Å². The van der Waals surface area contributed by atoms with Crippen LogP contribution in [0.2, 0.25) is 0 Å². The molecule has 222 valence electrons. The minimum absolute atomic E-state index is 0.0401. The molecule has 8 nitrogen and oxygen atoms in total. The van der Waals surface area contributed by atoms with Gasteiger partial charge in [0.15, 0.2) is 0 Å². The van der Waals surface area contributed by atoms with Crippen LogP contribution >= 0.6 is 0 Å². The summed E-state index contributed by atoms with van der Waals surface area (Å²) in [4.78, 5) is 31.5. The van der Waals surface area contributed by atoms with E-state index in [1.54, 1.807) is 24.2 Å². The first-order chi connectivity index (χ1) is 19.5. The standard InChI is InChI=1S/C33H45N3O5/c1-8-10-13-23-20-22(3)35-31(40-7)28(23)21-34-30(37)27-14-11-15-29(26(27)12-9-2)41-25-18-16-24(17-19-25)36(32(38)39)33(4,5)6/h8-9,11,14-15,20,24-25H,1-2,10,12-13,16-19,21H2,3-7H3,(H,34,37)(H,38,39). The van der Waals surface area contributed by atoms with Crippen LogP contribution in [0, 0.1) is 6.92 Å². The number of benzene rings is 1. The number of methoxy groups -OCH3 is 1. The lowest BCUT2D eigenvalue weighted by Gasteiger charge is -2.42. The number of carbonyl (C=O) groups is 2. The monoisotopic (exact) mass is 563 g/mol. The van der Waals surface area contributed by atoms with Crippen molar-refractivity contribution in [1.29, 1.82) is 0 Å². The van der Waals surface area contributed by atoms with Crippen LogP contribution in [0.5, 0.6) is 11.6 Å². The van der Waals surface area contributed by atoms with Gasteiger partial charge in [-0.05, 0) is 96.4 Å². The van der Waals surface area contributed by atoms with Gasteiger partial charge in [0.05, 0.1) is 13.2 Å². The second-order valence-corrected chi connectivity index (χ2v) is 11.6. The Labute approximate surface area is 244 Å². The van der Waals surface area contributed by atoms with Gasteiger partial charge in [-0.2, -0.15) is 0 Å². The van der Waals surface area contributed by atoms with Gasteiger partial charge in [-0.1, -0.05) is 18.2 Å². The highest BCUT2D eigenvalue weighted by atomic mass is 16.5. The first-order valence-electron chi connectivity index (χ1n) is 14.3. The summed E-state index contributed by atoms with van der Waals surface area (Å²) in [6, 6.07) is 7.51. The van der Waals surface area contributed by atoms with Gasteiger partial charge in [0, 0.05) is 40.5 Å². The lowest BCUT2D eigenvalue weighted by atomic mass is 9.89. The molecule has 0 radical (unpaired) electrons. The quantitative estimate of drug-likeness (QED) is 0.281. The highest BCUT2D eigenvalue weighted by Crippen LogP contribution is 2.33. The fourth-order valence-corrected chi connectivity index (χ4v) is 5.67. The number of ether oxygens (including phenoxy) is 2. The molecule has 3 rings (SSSR count). The zero-order chi connectivity index (χ0) is 30.2. The third-order valence-electron chi connectivity index (χ3n) is 7.50. The molecule has 0 bridgehead atoms. The third kappa shape index (κ3) is 8.12. The molecule has 1 aromatic heterocycles. The second-order valence-electron chi connectivity index (χ2n) is 11.6. The normalized spacial score (nSPS) is 16.9. The Bertz CT molecular complexity index is 1240. The highest BCUT2D eigenvalue weighted by molar-refractivity contribution is 5.96. The second kappa shape index (κ2) is 14.2. The number of carbonyl (C=O) groups excluding carboxylic acids is 1. The fourth-order valence-electron chi connectivity index (χ4n) is 5.67. The summed E-state index contributed by atoms with van der Waals surface area (Å²) in [5.74, 6) is 0.958. The van der Waals surface area contributed by atoms with E-state index < -0.39 is 11.6 Å². The molecule has 1 aliphatic carbocycles. The van der Waals surface area contributed by atoms with Crippen molar-refractivity contribution in [1.82, 2.24) is 15.2 Å². The summed E-state index contributed by atoms with van der Waals surface area (Å²) in [5, 5.41) is 12.8. The number of hydrogen-bond acceptors (Lipinski definition) is 5. The van der Waals surface area contributed by atoms with Gasteiger partial charge >= 0.3 is 6.09 Å². The average Bonchev–Trinajstić information content (AvgIpc) is 2.91. The molecule has 2 N–H and O–H groups in total. The highest BCUT2D eigenvalue weighted by Gasteiger charge is 2.36. The zero-order valence-electron chi connectivity index (χ0n) is 25.2. The van der Waals surface area contributed by atoms with Crippen LogP contribution in [0.15, 0.2) is 49.6 Å². The smallest absolute Gasteiger partial charge is 0.407 e. The van der Waals surface area contributed by atoms with Crippen molar-refractivity contribution >= 4 is 12.0 Å². The first-order valence-corrected chi connectivity index (χ1v) is 14.3. The van der Waals surface area contributed by atoms with Crippen LogP contribution in [0.25, 0.3) is 0 Å². The van der Waals surface area contributed by atoms with Gasteiger partial charge in [0.1, 0.15) is 5.75 Å². The Morgan fingerprint density at radius 3 is 2.44 bits per heavy atom. The van der Waals surface area contributed by atoms with Gasteiger partial charge in [0.25, 0.3) is 5.91 Å². The number of nitrogens with zero attached hydrogens (tertiary/aromatic N) is 2. The van der Waals surface area contributed by atoms with Crippen LogP contribution in [-0.2, 0) is 19.4 Å². The van der Waals surface area contributed by atoms with Gasteiger partial charge in [0.2, 0.25) is 5.88 Å². The molecule has 2 amide bonds. The van der Waals surface area contributed by atoms with Crippen LogP contribution in [0.1, 0.15) is 85.6 Å². The molecule has 41 heavy (non-hydrogen) atoms. The molecule has 1 aromatic carbocycles. The number of carboxylic acid groups (broad SMARTS) is 1. The van der Waals surface area contributed by atoms with Gasteiger partial charge in [-0.3, -0.25) is 4.79 Å². The minimum Gasteiger partial charge on any atom is -0.490 e. The van der Waals surface area contributed by atoms with E-state index in [1.165, 1.54) is 0 Å². The lowest BCUT2D eigenvalue weighted by Crippen LogP contribution is -2.52. The van der Waals surface area contributed by atoms with Crippen molar-refractivity contribution in [2.45, 2.75) is 96.9 Å². The van der Waals surface area contributed by atoms with E-state index in [1.807, 2.05) is 52.0 Å². The molecule has 1 saturated carbocycles. The minimum atomic E-state index is -0.888. The van der Waals surface area contributed by atoms with E-state index >= 15 is 0 Å². The molecular weight excluding hydrogens is 518 g/mol. The maximum Gasteiger partial charge on any atom is 0.407 e. The van der Waals surface area contributed by atoms with Crippen LogP contribution in [-0.4, -0.2) is 51.8 Å². The maximum atomic E-state index is 13.5. The molecule has 1 fully saturated rings. The molecule has 1 heterocycles. The first kappa shape index (κ1) is 31.7. The van der Waals surface area contributed by atoms with Crippen LogP contribution < -0.4 is 14.8 Å². The van der Waals surface area contributed by atoms with E-state index in [4.69, 9.17) is 9.47 Å². The molecule has 1 aliphatic rings. The molecule has 0 atom stereocenters. The van der Waals surface area contributed by atoms with Crippen LogP contribution in [0.3, 0.4) is 0 Å². The van der Waals surface area contributed by atoms with E-state index in [2.05, 4.69) is 23.5 Å². The molecule has 0 spiro atoms. The molecule has 0 unspecified atom stereocenters. The summed E-state index contributed by atoms with van der Waals surface area (Å²) < 4.78 is 12.0. The van der Waals surface area contributed by atoms with E-state index in [0.29, 0.717) is 23.6 Å². The molecular formula is C33H45N3O5. The van der Waals surface area contributed by atoms with E-state index in [0.717, 1.165) is 60.9 Å². The number of allylic oxidation sites excluding steroid dienone is 2. The SMILES string of the molecule is C=CCCc1cc(C)nc(OC)c1CNC(=O)c1cccc(OC2CCC(N(C(=O)O)C(C)(C)C)CC2)c1CC=C. The predicted molar refractivity (Wildman–Crippen MR) is 162 cm³/mol. The number of rotatable bonds is 12. The lowest BCUT2D eigenvalue weighted by molar-refractivity contribution is 0.0366. The number of aromatic nitrogens is 1. The van der Waals surface area contributed by atoms with E-state index in [9.17, 15) is 14.7 Å². The van der Waals surface area contributed by atoms with Crippen molar-refractivity contribution in [2.75, 3.05) is 7.11 Å². The van der Waals surface area contributed by atoms with Crippen molar-refractivity contribution in [3.05, 3.63) is 77.5 Å². The Balaban J connectivity index is 1.76. The zero-order valence-corrected chi connectivity index (χ0v) is 25.2. The predicted octanol–water partition coefficient (Wildman–Crippen LogP) is 6.64. The van der Waals surface area contributed by atoms with Crippen LogP contribution in [0.4, 0.5) is 4.79 Å². The number of aryl methyl sites for hydroxylation is 2. The number of pyridine rings is 1. The van der Waals surface area contributed by atoms with E-state index in [-0.39, 0.29) is 24.6 Å². The molecule has 0 aliphatic heterocycles. The number of hydrogen-bond donors (Lipinski definition) is 2. The van der Waals surface area contributed by atoms with Crippen molar-refractivity contribution in [3.63, 3.8) is 0 Å². The summed E-state index contributed by atoms with van der Waals surface area (Å²) in [6.45, 7) is 15.7. The summed E-state index contributed by atoms with van der Waals surface area (Å²) in [6.07, 6.45) is 7.69.